The molecule has 0 fully saturated rings. The maximum Gasteiger partial charge on any atom is 0.131 e. The molecule has 0 amide bonds. The molecule has 0 spiro atoms. The van der Waals surface area contributed by atoms with Gasteiger partial charge in [0.15, 0.2) is 0 Å². The molecular formula is C10H8BrFS. The van der Waals surface area contributed by atoms with E-state index in [1.807, 2.05) is 19.1 Å². The maximum atomic E-state index is 13.3. The summed E-state index contributed by atoms with van der Waals surface area (Å²) >= 11 is 5.04. The van der Waals surface area contributed by atoms with Crippen molar-refractivity contribution in [1.29, 1.82) is 0 Å². The molecule has 0 aliphatic carbocycles. The Balaban J connectivity index is 2.83. The van der Waals surface area contributed by atoms with E-state index in [9.17, 15) is 4.39 Å². The van der Waals surface area contributed by atoms with Gasteiger partial charge in [0.2, 0.25) is 0 Å². The van der Waals surface area contributed by atoms with Gasteiger partial charge in [-0.15, -0.1) is 11.3 Å². The molecule has 0 radical (unpaired) electrons. The molecule has 3 heteroatoms. The zero-order chi connectivity index (χ0) is 9.42. The normalized spacial score (nSPS) is 11.0. The van der Waals surface area contributed by atoms with Gasteiger partial charge in [0.1, 0.15) is 5.82 Å². The number of halogens is 2. The van der Waals surface area contributed by atoms with Crippen LogP contribution in [0.3, 0.4) is 0 Å². The van der Waals surface area contributed by atoms with Gasteiger partial charge in [-0.25, -0.2) is 4.39 Å². The summed E-state index contributed by atoms with van der Waals surface area (Å²) in [4.78, 5) is 1.15. The van der Waals surface area contributed by atoms with E-state index >= 15 is 0 Å². The number of fused-ring (bicyclic) bond motifs is 1. The van der Waals surface area contributed by atoms with Gasteiger partial charge in [0.05, 0.1) is 0 Å². The number of hydrogen-bond acceptors (Lipinski definition) is 1. The van der Waals surface area contributed by atoms with Gasteiger partial charge in [-0.3, -0.25) is 0 Å². The smallest absolute Gasteiger partial charge is 0.131 e. The molecule has 1 aromatic carbocycles. The largest absolute Gasteiger partial charge is 0.206 e. The molecule has 13 heavy (non-hydrogen) atoms. The summed E-state index contributed by atoms with van der Waals surface area (Å²) in [6.07, 6.45) is 0. The molecule has 1 heterocycles. The Kier molecular flexibility index (Phi) is 2.39. The zero-order valence-electron chi connectivity index (χ0n) is 7.10. The van der Waals surface area contributed by atoms with E-state index in [1.165, 1.54) is 6.07 Å². The Morgan fingerprint density at radius 2 is 2.23 bits per heavy atom. The molecule has 0 unspecified atom stereocenters. The molecule has 2 aromatic rings. The quantitative estimate of drug-likeness (QED) is 0.672. The number of thiophene rings is 1. The van der Waals surface area contributed by atoms with Crippen LogP contribution in [0, 0.1) is 12.7 Å². The van der Waals surface area contributed by atoms with Crippen LogP contribution in [0.25, 0.3) is 10.1 Å². The second kappa shape index (κ2) is 3.39. The van der Waals surface area contributed by atoms with Gasteiger partial charge >= 0.3 is 0 Å². The molecule has 0 N–H and O–H groups in total. The molecular weight excluding hydrogens is 251 g/mol. The molecule has 1 aromatic heterocycles. The van der Waals surface area contributed by atoms with Gasteiger partial charge in [-0.2, -0.15) is 0 Å². The lowest BCUT2D eigenvalue weighted by atomic mass is 10.2. The molecule has 0 atom stereocenters. The van der Waals surface area contributed by atoms with Crippen molar-refractivity contribution < 1.29 is 4.39 Å². The highest BCUT2D eigenvalue weighted by molar-refractivity contribution is 9.08. The van der Waals surface area contributed by atoms with Gasteiger partial charge in [0, 0.05) is 20.3 Å². The van der Waals surface area contributed by atoms with Crippen LogP contribution in [0.1, 0.15) is 10.4 Å². The van der Waals surface area contributed by atoms with Crippen LogP contribution >= 0.6 is 27.3 Å². The van der Waals surface area contributed by atoms with E-state index in [0.717, 1.165) is 25.9 Å². The van der Waals surface area contributed by atoms with Crippen molar-refractivity contribution >= 4 is 37.4 Å². The van der Waals surface area contributed by atoms with Crippen LogP contribution in [-0.2, 0) is 5.33 Å². The molecule has 0 bridgehead atoms. The van der Waals surface area contributed by atoms with E-state index in [1.54, 1.807) is 11.3 Å². The van der Waals surface area contributed by atoms with Gasteiger partial charge < -0.3 is 0 Å². The lowest BCUT2D eigenvalue weighted by Gasteiger charge is -1.97. The van der Waals surface area contributed by atoms with E-state index in [2.05, 4.69) is 15.9 Å². The number of rotatable bonds is 1. The Morgan fingerprint density at radius 1 is 1.46 bits per heavy atom. The molecule has 0 nitrogen and oxygen atoms in total. The van der Waals surface area contributed by atoms with Crippen LogP contribution < -0.4 is 0 Å². The van der Waals surface area contributed by atoms with E-state index in [-0.39, 0.29) is 5.82 Å². The first-order valence-electron chi connectivity index (χ1n) is 3.96. The van der Waals surface area contributed by atoms with Crippen molar-refractivity contribution in [3.63, 3.8) is 0 Å². The van der Waals surface area contributed by atoms with Crippen LogP contribution in [-0.4, -0.2) is 0 Å². The third-order valence-electron chi connectivity index (χ3n) is 1.98. The predicted molar refractivity (Wildman–Crippen MR) is 59.2 cm³/mol. The first kappa shape index (κ1) is 9.16. The summed E-state index contributed by atoms with van der Waals surface area (Å²) < 4.78 is 14.4. The summed E-state index contributed by atoms with van der Waals surface area (Å²) in [5.74, 6) is -0.121. The molecule has 0 aliphatic rings. The van der Waals surface area contributed by atoms with Gasteiger partial charge in [0.25, 0.3) is 0 Å². The standard InChI is InChI=1S/C10H8BrFS/c1-6-4-8-9(12)3-2-7(5-11)10(8)13-6/h2-4H,5H2,1H3. The monoisotopic (exact) mass is 258 g/mol. The molecule has 0 aliphatic heterocycles. The van der Waals surface area contributed by atoms with E-state index in [4.69, 9.17) is 0 Å². The van der Waals surface area contributed by atoms with Crippen LogP contribution in [0.5, 0.6) is 0 Å². The fraction of sp³-hybridized carbons (Fsp3) is 0.200. The molecule has 68 valence electrons. The Bertz CT molecular complexity index is 447. The minimum absolute atomic E-state index is 0.121. The van der Waals surface area contributed by atoms with Gasteiger partial charge in [-0.05, 0) is 24.6 Å². The zero-order valence-corrected chi connectivity index (χ0v) is 9.51. The van der Waals surface area contributed by atoms with Crippen LogP contribution in [0.2, 0.25) is 0 Å². The Hall–Kier alpha value is -0.410. The van der Waals surface area contributed by atoms with E-state index in [0.29, 0.717) is 0 Å². The summed E-state index contributed by atoms with van der Waals surface area (Å²) in [6.45, 7) is 2.00. The highest BCUT2D eigenvalue weighted by Gasteiger charge is 2.07. The lowest BCUT2D eigenvalue weighted by Crippen LogP contribution is -1.80. The van der Waals surface area contributed by atoms with Crippen molar-refractivity contribution in [2.45, 2.75) is 12.3 Å². The second-order valence-corrected chi connectivity index (χ2v) is 4.76. The Labute approximate surface area is 88.5 Å². The Morgan fingerprint density at radius 3 is 2.92 bits per heavy atom. The fourth-order valence-electron chi connectivity index (χ4n) is 1.37. The molecule has 0 saturated heterocycles. The number of hydrogen-bond donors (Lipinski definition) is 0. The summed E-state index contributed by atoms with van der Waals surface area (Å²) in [6, 6.07) is 5.27. The highest BCUT2D eigenvalue weighted by Crippen LogP contribution is 2.31. The average molecular weight is 259 g/mol. The maximum absolute atomic E-state index is 13.3. The molecule has 2 rings (SSSR count). The lowest BCUT2D eigenvalue weighted by molar-refractivity contribution is 0.640. The van der Waals surface area contributed by atoms with Crippen molar-refractivity contribution in [2.24, 2.45) is 0 Å². The highest BCUT2D eigenvalue weighted by atomic mass is 79.9. The first-order valence-corrected chi connectivity index (χ1v) is 5.89. The van der Waals surface area contributed by atoms with Crippen molar-refractivity contribution in [1.82, 2.24) is 0 Å². The first-order chi connectivity index (χ1) is 6.22. The van der Waals surface area contributed by atoms with E-state index < -0.39 is 0 Å². The van der Waals surface area contributed by atoms with Crippen LogP contribution in [0.15, 0.2) is 18.2 Å². The third kappa shape index (κ3) is 1.51. The minimum atomic E-state index is -0.121. The SMILES string of the molecule is Cc1cc2c(F)ccc(CBr)c2s1. The number of alkyl halides is 1. The second-order valence-electron chi connectivity index (χ2n) is 2.94. The number of aryl methyl sites for hydroxylation is 1. The fourth-order valence-corrected chi connectivity index (χ4v) is 3.06. The topological polar surface area (TPSA) is 0 Å². The van der Waals surface area contributed by atoms with Crippen molar-refractivity contribution in [3.8, 4) is 0 Å². The predicted octanol–water partition coefficient (Wildman–Crippen LogP) is 4.24. The minimum Gasteiger partial charge on any atom is -0.206 e. The number of benzene rings is 1. The van der Waals surface area contributed by atoms with Crippen molar-refractivity contribution in [3.05, 3.63) is 34.5 Å². The van der Waals surface area contributed by atoms with Gasteiger partial charge in [-0.1, -0.05) is 22.0 Å². The third-order valence-corrected chi connectivity index (χ3v) is 3.71. The summed E-state index contributed by atoms with van der Waals surface area (Å²) in [7, 11) is 0. The summed E-state index contributed by atoms with van der Waals surface area (Å²) in [5, 5.41) is 1.53. The van der Waals surface area contributed by atoms with Crippen LogP contribution in [0.4, 0.5) is 4.39 Å². The van der Waals surface area contributed by atoms with Crippen molar-refractivity contribution in [2.75, 3.05) is 0 Å². The molecule has 0 saturated carbocycles. The average Bonchev–Trinajstić information content (AvgIpc) is 2.48. The summed E-state index contributed by atoms with van der Waals surface area (Å²) in [5.41, 5.74) is 1.16.